The van der Waals surface area contributed by atoms with Gasteiger partial charge in [0.25, 0.3) is 0 Å². The van der Waals surface area contributed by atoms with Gasteiger partial charge in [0.15, 0.2) is 0 Å². The van der Waals surface area contributed by atoms with Gasteiger partial charge in [-0.3, -0.25) is 4.79 Å². The van der Waals surface area contributed by atoms with E-state index in [4.69, 9.17) is 4.74 Å². The number of amides is 1. The van der Waals surface area contributed by atoms with Crippen LogP contribution in [-0.2, 0) is 9.53 Å². The summed E-state index contributed by atoms with van der Waals surface area (Å²) >= 11 is 0. The van der Waals surface area contributed by atoms with Crippen LogP contribution in [0.4, 0.5) is 0 Å². The smallest absolute Gasteiger partial charge is 0.223 e. The molecule has 2 atom stereocenters. The van der Waals surface area contributed by atoms with E-state index in [0.29, 0.717) is 13.0 Å². The molecule has 0 spiro atoms. The zero-order valence-electron chi connectivity index (χ0n) is 13.7. The SMILES string of the molecule is CN(C)CC(NC(=O)CC1CNCCO1)c1ccccc1.Cl.Cl. The van der Waals surface area contributed by atoms with Crippen molar-refractivity contribution in [2.75, 3.05) is 40.3 Å². The van der Waals surface area contributed by atoms with Crippen molar-refractivity contribution < 1.29 is 9.53 Å². The standard InChI is InChI=1S/C16H25N3O2.2ClH/c1-19(2)12-15(13-6-4-3-5-7-13)18-16(20)10-14-11-17-8-9-21-14;;/h3-7,14-15,17H,8-12H2,1-2H3,(H,18,20);2*1H. The van der Waals surface area contributed by atoms with Gasteiger partial charge in [-0.2, -0.15) is 0 Å². The van der Waals surface area contributed by atoms with Crippen LogP contribution in [0.25, 0.3) is 0 Å². The highest BCUT2D eigenvalue weighted by Gasteiger charge is 2.20. The summed E-state index contributed by atoms with van der Waals surface area (Å²) in [5.74, 6) is 0.0411. The molecule has 23 heavy (non-hydrogen) atoms. The molecule has 1 fully saturated rings. The quantitative estimate of drug-likeness (QED) is 0.806. The maximum Gasteiger partial charge on any atom is 0.223 e. The molecule has 1 aliphatic heterocycles. The molecule has 1 amide bonds. The lowest BCUT2D eigenvalue weighted by molar-refractivity contribution is -0.125. The number of nitrogens with zero attached hydrogens (tertiary/aromatic N) is 1. The molecule has 132 valence electrons. The Morgan fingerprint density at radius 2 is 2.04 bits per heavy atom. The third-order valence-corrected chi connectivity index (χ3v) is 3.50. The minimum absolute atomic E-state index is 0. The predicted molar refractivity (Wildman–Crippen MR) is 97.6 cm³/mol. The summed E-state index contributed by atoms with van der Waals surface area (Å²) in [5.41, 5.74) is 1.13. The Morgan fingerprint density at radius 3 is 2.61 bits per heavy atom. The molecule has 1 aromatic rings. The summed E-state index contributed by atoms with van der Waals surface area (Å²) in [6.45, 7) is 3.07. The number of benzene rings is 1. The van der Waals surface area contributed by atoms with Crippen LogP contribution in [-0.4, -0.2) is 57.2 Å². The highest BCUT2D eigenvalue weighted by Crippen LogP contribution is 2.14. The van der Waals surface area contributed by atoms with Gasteiger partial charge in [0.05, 0.1) is 25.2 Å². The molecule has 1 aromatic carbocycles. The fraction of sp³-hybridized carbons (Fsp3) is 0.562. The molecule has 1 heterocycles. The van der Waals surface area contributed by atoms with Crippen molar-refractivity contribution in [1.29, 1.82) is 0 Å². The van der Waals surface area contributed by atoms with Crippen LogP contribution < -0.4 is 10.6 Å². The molecule has 0 saturated carbocycles. The van der Waals surface area contributed by atoms with Crippen LogP contribution in [0.15, 0.2) is 30.3 Å². The Bertz CT molecular complexity index is 440. The number of ether oxygens (including phenoxy) is 1. The molecule has 0 aliphatic carbocycles. The molecule has 2 N–H and O–H groups in total. The van der Waals surface area contributed by atoms with Crippen LogP contribution in [0.3, 0.4) is 0 Å². The lowest BCUT2D eigenvalue weighted by Gasteiger charge is -2.26. The second-order valence-electron chi connectivity index (χ2n) is 5.69. The molecule has 1 saturated heterocycles. The van der Waals surface area contributed by atoms with Gasteiger partial charge in [-0.15, -0.1) is 24.8 Å². The summed E-state index contributed by atoms with van der Waals surface area (Å²) < 4.78 is 5.58. The second kappa shape index (κ2) is 11.6. The van der Waals surface area contributed by atoms with E-state index in [1.165, 1.54) is 0 Å². The molecule has 2 rings (SSSR count). The van der Waals surface area contributed by atoms with Crippen LogP contribution in [0.1, 0.15) is 18.0 Å². The Morgan fingerprint density at radius 1 is 1.35 bits per heavy atom. The average molecular weight is 364 g/mol. The molecule has 1 aliphatic rings. The van der Waals surface area contributed by atoms with Gasteiger partial charge in [-0.05, 0) is 19.7 Å². The second-order valence-corrected chi connectivity index (χ2v) is 5.69. The minimum Gasteiger partial charge on any atom is -0.375 e. The van der Waals surface area contributed by atoms with Crippen molar-refractivity contribution in [3.05, 3.63) is 35.9 Å². The number of hydrogen-bond donors (Lipinski definition) is 2. The number of carbonyl (C=O) groups excluding carboxylic acids is 1. The van der Waals surface area contributed by atoms with E-state index in [1.807, 2.05) is 44.4 Å². The molecular weight excluding hydrogens is 337 g/mol. The number of halogens is 2. The summed E-state index contributed by atoms with van der Waals surface area (Å²) in [7, 11) is 4.02. The van der Waals surface area contributed by atoms with Crippen LogP contribution in [0.5, 0.6) is 0 Å². The van der Waals surface area contributed by atoms with Crippen LogP contribution >= 0.6 is 24.8 Å². The molecule has 7 heteroatoms. The normalized spacial score (nSPS) is 18.5. The largest absolute Gasteiger partial charge is 0.375 e. The van der Waals surface area contributed by atoms with E-state index in [2.05, 4.69) is 15.5 Å². The average Bonchev–Trinajstić information content (AvgIpc) is 2.48. The fourth-order valence-electron chi connectivity index (χ4n) is 2.50. The topological polar surface area (TPSA) is 53.6 Å². The van der Waals surface area contributed by atoms with Gasteiger partial charge in [0.2, 0.25) is 5.91 Å². The third kappa shape index (κ3) is 7.99. The zero-order chi connectivity index (χ0) is 15.1. The summed E-state index contributed by atoms with van der Waals surface area (Å²) in [5, 5.41) is 6.37. The summed E-state index contributed by atoms with van der Waals surface area (Å²) in [4.78, 5) is 14.3. The Hall–Kier alpha value is -0.850. The third-order valence-electron chi connectivity index (χ3n) is 3.50. The first-order chi connectivity index (χ1) is 10.1. The number of hydrogen-bond acceptors (Lipinski definition) is 4. The van der Waals surface area contributed by atoms with Crippen LogP contribution in [0, 0.1) is 0 Å². The highest BCUT2D eigenvalue weighted by molar-refractivity contribution is 5.85. The first-order valence-electron chi connectivity index (χ1n) is 7.46. The van der Waals surface area contributed by atoms with Crippen molar-refractivity contribution in [2.45, 2.75) is 18.6 Å². The number of nitrogens with one attached hydrogen (secondary N) is 2. The van der Waals surface area contributed by atoms with E-state index in [0.717, 1.165) is 25.2 Å². The van der Waals surface area contributed by atoms with Crippen molar-refractivity contribution in [3.8, 4) is 0 Å². The van der Waals surface area contributed by atoms with Gasteiger partial charge >= 0.3 is 0 Å². The highest BCUT2D eigenvalue weighted by atomic mass is 35.5. The summed E-state index contributed by atoms with van der Waals surface area (Å²) in [6.07, 6.45) is 0.388. The molecule has 0 radical (unpaired) electrons. The van der Waals surface area contributed by atoms with Crippen molar-refractivity contribution in [2.24, 2.45) is 0 Å². The molecule has 2 unspecified atom stereocenters. The van der Waals surface area contributed by atoms with Gasteiger partial charge in [-0.25, -0.2) is 0 Å². The maximum absolute atomic E-state index is 12.2. The van der Waals surface area contributed by atoms with Crippen LogP contribution in [0.2, 0.25) is 0 Å². The number of morpholine rings is 1. The fourth-order valence-corrected chi connectivity index (χ4v) is 2.50. The Labute approximate surface area is 151 Å². The van der Waals surface area contributed by atoms with Crippen molar-refractivity contribution in [3.63, 3.8) is 0 Å². The molecule has 0 bridgehead atoms. The number of rotatable bonds is 6. The lowest BCUT2D eigenvalue weighted by Crippen LogP contribution is -2.43. The zero-order valence-corrected chi connectivity index (χ0v) is 15.3. The van der Waals surface area contributed by atoms with E-state index >= 15 is 0 Å². The minimum atomic E-state index is -0.0190. The Balaban J connectivity index is 0.00000242. The number of carbonyl (C=O) groups is 1. The Kier molecular flexibility index (Phi) is 11.2. The van der Waals surface area contributed by atoms with E-state index in [-0.39, 0.29) is 42.9 Å². The first kappa shape index (κ1) is 22.1. The first-order valence-corrected chi connectivity index (χ1v) is 7.46. The van der Waals surface area contributed by atoms with E-state index < -0.39 is 0 Å². The van der Waals surface area contributed by atoms with Crippen molar-refractivity contribution in [1.82, 2.24) is 15.5 Å². The predicted octanol–water partition coefficient (Wildman–Crippen LogP) is 1.63. The van der Waals surface area contributed by atoms with Gasteiger partial charge in [0.1, 0.15) is 0 Å². The summed E-state index contributed by atoms with van der Waals surface area (Å²) in [6, 6.07) is 10.1. The number of likely N-dealkylation sites (N-methyl/N-ethyl adjacent to an activating group) is 1. The van der Waals surface area contributed by atoms with Crippen molar-refractivity contribution >= 4 is 30.7 Å². The monoisotopic (exact) mass is 363 g/mol. The molecule has 0 aromatic heterocycles. The lowest BCUT2D eigenvalue weighted by atomic mass is 10.1. The molecule has 5 nitrogen and oxygen atoms in total. The maximum atomic E-state index is 12.2. The van der Waals surface area contributed by atoms with E-state index in [1.54, 1.807) is 0 Å². The molecular formula is C16H27Cl2N3O2. The van der Waals surface area contributed by atoms with Gasteiger partial charge in [0, 0.05) is 19.6 Å². The van der Waals surface area contributed by atoms with Gasteiger partial charge in [-0.1, -0.05) is 30.3 Å². The van der Waals surface area contributed by atoms with Gasteiger partial charge < -0.3 is 20.3 Å². The van der Waals surface area contributed by atoms with E-state index in [9.17, 15) is 4.79 Å².